The van der Waals surface area contributed by atoms with Crippen LogP contribution in [0.1, 0.15) is 36.0 Å². The molecule has 2 saturated heterocycles. The van der Waals surface area contributed by atoms with Gasteiger partial charge in [-0.05, 0) is 19.3 Å². The van der Waals surface area contributed by atoms with E-state index in [-0.39, 0.29) is 17.9 Å². The van der Waals surface area contributed by atoms with Crippen LogP contribution in [-0.4, -0.2) is 57.5 Å². The molecule has 2 fully saturated rings. The molecule has 3 rings (SSSR count). The van der Waals surface area contributed by atoms with E-state index < -0.39 is 0 Å². The zero-order valence-corrected chi connectivity index (χ0v) is 10.8. The van der Waals surface area contributed by atoms with Gasteiger partial charge in [-0.1, -0.05) is 0 Å². The first-order chi connectivity index (χ1) is 9.25. The number of aromatic amines is 1. The Balaban J connectivity index is 1.68. The van der Waals surface area contributed by atoms with Crippen molar-refractivity contribution in [3.05, 3.63) is 18.0 Å². The number of hydrogen-bond donors (Lipinski definition) is 1. The Morgan fingerprint density at radius 1 is 1.37 bits per heavy atom. The Morgan fingerprint density at radius 3 is 2.95 bits per heavy atom. The number of nitrogens with one attached hydrogen (secondary N) is 1. The number of piperidine rings is 1. The quantitative estimate of drug-likeness (QED) is 0.850. The summed E-state index contributed by atoms with van der Waals surface area (Å²) < 4.78 is 0. The summed E-state index contributed by atoms with van der Waals surface area (Å²) in [5.74, 6) is 0.243. The molecule has 1 aromatic heterocycles. The summed E-state index contributed by atoms with van der Waals surface area (Å²) in [4.78, 5) is 27.8. The lowest BCUT2D eigenvalue weighted by molar-refractivity contribution is -0.130. The molecule has 1 aromatic rings. The van der Waals surface area contributed by atoms with E-state index in [0.29, 0.717) is 18.5 Å². The maximum absolute atomic E-state index is 12.3. The van der Waals surface area contributed by atoms with E-state index in [9.17, 15) is 9.59 Å². The fourth-order valence-electron chi connectivity index (χ4n) is 3.00. The number of likely N-dealkylation sites (tertiary alicyclic amines) is 2. The van der Waals surface area contributed by atoms with Crippen molar-refractivity contribution < 1.29 is 9.59 Å². The molecule has 6 nitrogen and oxygen atoms in total. The highest BCUT2D eigenvalue weighted by molar-refractivity contribution is 5.93. The molecule has 0 spiro atoms. The minimum atomic E-state index is 0.00472. The van der Waals surface area contributed by atoms with Crippen LogP contribution in [0.2, 0.25) is 0 Å². The van der Waals surface area contributed by atoms with Gasteiger partial charge in [0.25, 0.3) is 5.91 Å². The van der Waals surface area contributed by atoms with Gasteiger partial charge in [-0.15, -0.1) is 0 Å². The van der Waals surface area contributed by atoms with E-state index in [1.54, 1.807) is 12.4 Å². The number of nitrogens with zero attached hydrogens (tertiary/aromatic N) is 3. The van der Waals surface area contributed by atoms with Gasteiger partial charge in [0, 0.05) is 38.3 Å². The molecule has 2 amide bonds. The van der Waals surface area contributed by atoms with Crippen LogP contribution >= 0.6 is 0 Å². The summed E-state index contributed by atoms with van der Waals surface area (Å²) in [7, 11) is 0. The molecule has 3 heterocycles. The van der Waals surface area contributed by atoms with Crippen molar-refractivity contribution >= 4 is 11.8 Å². The van der Waals surface area contributed by atoms with Gasteiger partial charge in [0.1, 0.15) is 0 Å². The second-order valence-electron chi connectivity index (χ2n) is 5.22. The highest BCUT2D eigenvalue weighted by atomic mass is 16.2. The van der Waals surface area contributed by atoms with Crippen LogP contribution < -0.4 is 0 Å². The monoisotopic (exact) mass is 262 g/mol. The predicted octanol–water partition coefficient (Wildman–Crippen LogP) is 0.637. The van der Waals surface area contributed by atoms with E-state index in [1.165, 1.54) is 0 Å². The number of aromatic nitrogens is 2. The summed E-state index contributed by atoms with van der Waals surface area (Å²) in [6.07, 6.45) is 6.73. The number of amides is 2. The molecular formula is C13H18N4O2. The van der Waals surface area contributed by atoms with Gasteiger partial charge in [0.05, 0.1) is 11.8 Å². The number of H-pyrrole nitrogens is 1. The first-order valence-corrected chi connectivity index (χ1v) is 6.83. The molecule has 0 bridgehead atoms. The van der Waals surface area contributed by atoms with Gasteiger partial charge in [0.2, 0.25) is 5.91 Å². The molecule has 0 saturated carbocycles. The van der Waals surface area contributed by atoms with Crippen molar-refractivity contribution in [1.29, 1.82) is 0 Å². The van der Waals surface area contributed by atoms with Crippen molar-refractivity contribution in [2.75, 3.05) is 19.6 Å². The number of carbonyl (C=O) groups is 2. The Morgan fingerprint density at radius 2 is 2.26 bits per heavy atom. The molecular weight excluding hydrogens is 244 g/mol. The predicted molar refractivity (Wildman–Crippen MR) is 68.5 cm³/mol. The SMILES string of the molecule is O=C(c1cn[nH]c1)N1CCCC(N2CCCC2=O)C1. The molecule has 0 radical (unpaired) electrons. The van der Waals surface area contributed by atoms with Gasteiger partial charge in [-0.2, -0.15) is 5.10 Å². The topological polar surface area (TPSA) is 69.3 Å². The second kappa shape index (κ2) is 5.03. The van der Waals surface area contributed by atoms with Crippen LogP contribution in [0.3, 0.4) is 0 Å². The molecule has 0 aliphatic carbocycles. The summed E-state index contributed by atoms with van der Waals surface area (Å²) in [5, 5.41) is 6.47. The molecule has 1 N–H and O–H groups in total. The van der Waals surface area contributed by atoms with Crippen LogP contribution in [0.4, 0.5) is 0 Å². The van der Waals surface area contributed by atoms with Crippen LogP contribution in [0.25, 0.3) is 0 Å². The van der Waals surface area contributed by atoms with Crippen LogP contribution in [0.5, 0.6) is 0 Å². The summed E-state index contributed by atoms with van der Waals surface area (Å²) in [6.45, 7) is 2.26. The van der Waals surface area contributed by atoms with Gasteiger partial charge < -0.3 is 9.80 Å². The average Bonchev–Trinajstić information content (AvgIpc) is 3.09. The molecule has 2 aliphatic heterocycles. The standard InChI is InChI=1S/C13H18N4O2/c18-12-4-2-6-17(12)11-3-1-5-16(9-11)13(19)10-7-14-15-8-10/h7-8,11H,1-6,9H2,(H,14,15). The molecule has 1 unspecified atom stereocenters. The Bertz CT molecular complexity index is 471. The molecule has 102 valence electrons. The smallest absolute Gasteiger partial charge is 0.257 e. The minimum absolute atomic E-state index is 0.00472. The highest BCUT2D eigenvalue weighted by Gasteiger charge is 2.33. The third kappa shape index (κ3) is 2.34. The second-order valence-corrected chi connectivity index (χ2v) is 5.22. The Hall–Kier alpha value is -1.85. The van der Waals surface area contributed by atoms with Gasteiger partial charge in [-0.3, -0.25) is 14.7 Å². The van der Waals surface area contributed by atoms with Gasteiger partial charge in [0.15, 0.2) is 0 Å². The number of hydrogen-bond acceptors (Lipinski definition) is 3. The van der Waals surface area contributed by atoms with E-state index >= 15 is 0 Å². The molecule has 19 heavy (non-hydrogen) atoms. The van der Waals surface area contributed by atoms with Crippen LogP contribution in [-0.2, 0) is 4.79 Å². The molecule has 1 atom stereocenters. The van der Waals surface area contributed by atoms with E-state index in [4.69, 9.17) is 0 Å². The fourth-order valence-corrected chi connectivity index (χ4v) is 3.00. The van der Waals surface area contributed by atoms with Crippen molar-refractivity contribution in [3.8, 4) is 0 Å². The zero-order chi connectivity index (χ0) is 13.2. The van der Waals surface area contributed by atoms with Crippen LogP contribution in [0, 0.1) is 0 Å². The number of carbonyl (C=O) groups excluding carboxylic acids is 2. The summed E-state index contributed by atoms with van der Waals surface area (Å²) in [6, 6.07) is 0.194. The highest BCUT2D eigenvalue weighted by Crippen LogP contribution is 2.22. The van der Waals surface area contributed by atoms with E-state index in [1.807, 2.05) is 9.80 Å². The van der Waals surface area contributed by atoms with Crippen molar-refractivity contribution in [3.63, 3.8) is 0 Å². The maximum atomic E-state index is 12.3. The molecule has 2 aliphatic rings. The summed E-state index contributed by atoms with van der Waals surface area (Å²) >= 11 is 0. The maximum Gasteiger partial charge on any atom is 0.257 e. The Kier molecular flexibility index (Phi) is 3.23. The van der Waals surface area contributed by atoms with Gasteiger partial charge >= 0.3 is 0 Å². The normalized spacial score (nSPS) is 24.0. The molecule has 6 heteroatoms. The molecule has 0 aromatic carbocycles. The number of rotatable bonds is 2. The lowest BCUT2D eigenvalue weighted by atomic mass is 10.0. The third-order valence-electron chi connectivity index (χ3n) is 3.98. The van der Waals surface area contributed by atoms with Crippen molar-refractivity contribution in [2.45, 2.75) is 31.7 Å². The van der Waals surface area contributed by atoms with Crippen molar-refractivity contribution in [1.82, 2.24) is 20.0 Å². The largest absolute Gasteiger partial charge is 0.338 e. The first kappa shape index (κ1) is 12.2. The fraction of sp³-hybridized carbons (Fsp3) is 0.615. The minimum Gasteiger partial charge on any atom is -0.338 e. The van der Waals surface area contributed by atoms with E-state index in [0.717, 1.165) is 32.4 Å². The third-order valence-corrected chi connectivity index (χ3v) is 3.98. The lowest BCUT2D eigenvalue weighted by Crippen LogP contribution is -2.50. The zero-order valence-electron chi connectivity index (χ0n) is 10.8. The lowest BCUT2D eigenvalue weighted by Gasteiger charge is -2.37. The summed E-state index contributed by atoms with van der Waals surface area (Å²) in [5.41, 5.74) is 0.591. The Labute approximate surface area is 111 Å². The average molecular weight is 262 g/mol. The van der Waals surface area contributed by atoms with E-state index in [2.05, 4.69) is 10.2 Å². The first-order valence-electron chi connectivity index (χ1n) is 6.83. The van der Waals surface area contributed by atoms with Crippen molar-refractivity contribution in [2.24, 2.45) is 0 Å². The van der Waals surface area contributed by atoms with Gasteiger partial charge in [-0.25, -0.2) is 0 Å². The van der Waals surface area contributed by atoms with Crippen LogP contribution in [0.15, 0.2) is 12.4 Å².